The summed E-state index contributed by atoms with van der Waals surface area (Å²) in [5.74, 6) is -0.173. The van der Waals surface area contributed by atoms with Crippen molar-refractivity contribution < 1.29 is 4.39 Å². The molecule has 88 valence electrons. The van der Waals surface area contributed by atoms with Crippen LogP contribution in [-0.4, -0.2) is 9.97 Å². The lowest BCUT2D eigenvalue weighted by atomic mass is 10.2. The highest BCUT2D eigenvalue weighted by molar-refractivity contribution is 9.13. The summed E-state index contributed by atoms with van der Waals surface area (Å²) in [6.07, 6.45) is 0. The molecule has 0 atom stereocenters. The van der Waals surface area contributed by atoms with Crippen molar-refractivity contribution in [2.75, 3.05) is 0 Å². The normalized spacial score (nSPS) is 10.6. The minimum absolute atomic E-state index is 0.161. The molecule has 0 saturated carbocycles. The molecule has 2 rings (SSSR count). The molecule has 0 unspecified atom stereocenters. The van der Waals surface area contributed by atoms with E-state index in [1.807, 2.05) is 18.2 Å². The first-order valence-corrected chi connectivity index (χ1v) is 6.60. The molecule has 0 aliphatic heterocycles. The SMILES string of the molecule is Cc1nc(-c2ccc(Br)c(Br)c2)nc(Cl)c1F. The summed E-state index contributed by atoms with van der Waals surface area (Å²) < 4.78 is 15.1. The van der Waals surface area contributed by atoms with Crippen LogP contribution in [0.2, 0.25) is 5.15 Å². The van der Waals surface area contributed by atoms with Crippen LogP contribution in [0.1, 0.15) is 5.69 Å². The number of rotatable bonds is 1. The Balaban J connectivity index is 2.57. The van der Waals surface area contributed by atoms with E-state index in [-0.39, 0.29) is 10.8 Å². The topological polar surface area (TPSA) is 25.8 Å². The third-order valence-electron chi connectivity index (χ3n) is 2.15. The Morgan fingerprint density at radius 1 is 1.18 bits per heavy atom. The molecule has 0 fully saturated rings. The molecule has 0 N–H and O–H groups in total. The molecule has 2 nitrogen and oxygen atoms in total. The summed E-state index contributed by atoms with van der Waals surface area (Å²) in [7, 11) is 0. The van der Waals surface area contributed by atoms with Gasteiger partial charge in [0.15, 0.2) is 16.8 Å². The summed E-state index contributed by atoms with van der Waals surface area (Å²) in [6.45, 7) is 1.56. The van der Waals surface area contributed by atoms with Gasteiger partial charge in [-0.05, 0) is 57.0 Å². The van der Waals surface area contributed by atoms with E-state index in [4.69, 9.17) is 11.6 Å². The molecule has 17 heavy (non-hydrogen) atoms. The zero-order chi connectivity index (χ0) is 12.6. The van der Waals surface area contributed by atoms with E-state index in [9.17, 15) is 4.39 Å². The molecule has 0 radical (unpaired) electrons. The van der Waals surface area contributed by atoms with Gasteiger partial charge in [0.25, 0.3) is 0 Å². The number of halogens is 4. The van der Waals surface area contributed by atoms with Crippen LogP contribution in [0.15, 0.2) is 27.1 Å². The van der Waals surface area contributed by atoms with Gasteiger partial charge in [-0.25, -0.2) is 14.4 Å². The van der Waals surface area contributed by atoms with E-state index in [0.29, 0.717) is 5.82 Å². The molecule has 6 heteroatoms. The Labute approximate surface area is 119 Å². The molecule has 1 heterocycles. The fraction of sp³-hybridized carbons (Fsp3) is 0.0909. The molecule has 2 aromatic rings. The van der Waals surface area contributed by atoms with Crippen molar-refractivity contribution in [1.82, 2.24) is 9.97 Å². The Morgan fingerprint density at radius 2 is 1.88 bits per heavy atom. The maximum atomic E-state index is 13.3. The number of aryl methyl sites for hydroxylation is 1. The fourth-order valence-corrected chi connectivity index (χ4v) is 2.13. The maximum absolute atomic E-state index is 13.3. The van der Waals surface area contributed by atoms with Crippen LogP contribution < -0.4 is 0 Å². The largest absolute Gasteiger partial charge is 0.230 e. The van der Waals surface area contributed by atoms with E-state index in [2.05, 4.69) is 41.8 Å². The summed E-state index contributed by atoms with van der Waals surface area (Å²) in [5.41, 5.74) is 1.00. The van der Waals surface area contributed by atoms with E-state index < -0.39 is 5.82 Å². The summed E-state index contributed by atoms with van der Waals surface area (Å²) in [4.78, 5) is 7.99. The van der Waals surface area contributed by atoms with Gasteiger partial charge in [0.1, 0.15) is 0 Å². The molecule has 0 spiro atoms. The molecular formula is C11H6Br2ClFN2. The molecule has 0 saturated heterocycles. The van der Waals surface area contributed by atoms with Crippen molar-refractivity contribution in [1.29, 1.82) is 0 Å². The van der Waals surface area contributed by atoms with Crippen molar-refractivity contribution in [3.05, 3.63) is 43.8 Å². The van der Waals surface area contributed by atoms with Gasteiger partial charge in [-0.15, -0.1) is 0 Å². The van der Waals surface area contributed by atoms with Gasteiger partial charge in [0.05, 0.1) is 5.69 Å². The number of aromatic nitrogens is 2. The van der Waals surface area contributed by atoms with E-state index in [0.717, 1.165) is 14.5 Å². The first kappa shape index (κ1) is 12.9. The second kappa shape index (κ2) is 5.00. The molecule has 0 aliphatic carbocycles. The van der Waals surface area contributed by atoms with Crippen molar-refractivity contribution >= 4 is 43.5 Å². The Hall–Kier alpha value is -0.520. The summed E-state index contributed by atoms with van der Waals surface area (Å²) >= 11 is 12.4. The number of nitrogens with zero attached hydrogens (tertiary/aromatic N) is 2. The van der Waals surface area contributed by atoms with Gasteiger partial charge >= 0.3 is 0 Å². The highest BCUT2D eigenvalue weighted by atomic mass is 79.9. The number of benzene rings is 1. The third-order valence-corrected chi connectivity index (χ3v) is 4.28. The fourth-order valence-electron chi connectivity index (χ4n) is 1.29. The maximum Gasteiger partial charge on any atom is 0.181 e. The molecule has 0 amide bonds. The van der Waals surface area contributed by atoms with Crippen molar-refractivity contribution in [2.24, 2.45) is 0 Å². The van der Waals surface area contributed by atoms with E-state index in [1.54, 1.807) is 6.92 Å². The van der Waals surface area contributed by atoms with Crippen LogP contribution in [0.3, 0.4) is 0 Å². The van der Waals surface area contributed by atoms with Gasteiger partial charge in [0.2, 0.25) is 0 Å². The highest BCUT2D eigenvalue weighted by Gasteiger charge is 2.11. The van der Waals surface area contributed by atoms with Crippen LogP contribution >= 0.6 is 43.5 Å². The predicted molar refractivity (Wildman–Crippen MR) is 72.6 cm³/mol. The average Bonchev–Trinajstić information content (AvgIpc) is 2.29. The van der Waals surface area contributed by atoms with Gasteiger partial charge < -0.3 is 0 Å². The molecule has 0 bridgehead atoms. The second-order valence-electron chi connectivity index (χ2n) is 3.37. The quantitative estimate of drug-likeness (QED) is 0.666. The molecule has 1 aromatic heterocycles. The van der Waals surface area contributed by atoms with Crippen LogP contribution in [0.25, 0.3) is 11.4 Å². The monoisotopic (exact) mass is 378 g/mol. The molecule has 0 aliphatic rings. The number of hydrogen-bond donors (Lipinski definition) is 0. The first-order chi connectivity index (χ1) is 7.99. The average molecular weight is 380 g/mol. The van der Waals surface area contributed by atoms with Crippen LogP contribution in [0, 0.1) is 12.7 Å². The standard InChI is InChI=1S/C11H6Br2ClFN2/c1-5-9(15)10(14)17-11(16-5)6-2-3-7(12)8(13)4-6/h2-4H,1H3. The summed E-state index contributed by atoms with van der Waals surface area (Å²) in [5, 5.41) is -0.161. The zero-order valence-corrected chi connectivity index (χ0v) is 12.6. The lowest BCUT2D eigenvalue weighted by molar-refractivity contribution is 0.603. The van der Waals surface area contributed by atoms with Crippen LogP contribution in [0.4, 0.5) is 4.39 Å². The Bertz CT molecular complexity index is 567. The predicted octanol–water partition coefficient (Wildman–Crippen LogP) is 4.77. The van der Waals surface area contributed by atoms with Crippen LogP contribution in [0.5, 0.6) is 0 Å². The first-order valence-electron chi connectivity index (χ1n) is 4.64. The van der Waals surface area contributed by atoms with Crippen molar-refractivity contribution in [2.45, 2.75) is 6.92 Å². The van der Waals surface area contributed by atoms with Gasteiger partial charge in [-0.3, -0.25) is 0 Å². The highest BCUT2D eigenvalue weighted by Crippen LogP contribution is 2.28. The Morgan fingerprint density at radius 3 is 2.47 bits per heavy atom. The van der Waals surface area contributed by atoms with E-state index in [1.165, 1.54) is 0 Å². The van der Waals surface area contributed by atoms with Crippen molar-refractivity contribution in [3.63, 3.8) is 0 Å². The van der Waals surface area contributed by atoms with Crippen LogP contribution in [-0.2, 0) is 0 Å². The molecular weight excluding hydrogens is 374 g/mol. The minimum atomic E-state index is -0.577. The Kier molecular flexibility index (Phi) is 3.80. The van der Waals surface area contributed by atoms with Gasteiger partial charge in [-0.1, -0.05) is 11.6 Å². The van der Waals surface area contributed by atoms with Crippen molar-refractivity contribution in [3.8, 4) is 11.4 Å². The zero-order valence-electron chi connectivity index (χ0n) is 8.64. The third kappa shape index (κ3) is 2.67. The number of hydrogen-bond acceptors (Lipinski definition) is 2. The lowest BCUT2D eigenvalue weighted by Crippen LogP contribution is -1.97. The smallest absolute Gasteiger partial charge is 0.181 e. The van der Waals surface area contributed by atoms with Gasteiger partial charge in [0, 0.05) is 14.5 Å². The van der Waals surface area contributed by atoms with E-state index >= 15 is 0 Å². The lowest BCUT2D eigenvalue weighted by Gasteiger charge is -2.05. The molecule has 1 aromatic carbocycles. The second-order valence-corrected chi connectivity index (χ2v) is 5.43. The summed E-state index contributed by atoms with van der Waals surface area (Å²) in [6, 6.07) is 5.53. The van der Waals surface area contributed by atoms with Gasteiger partial charge in [-0.2, -0.15) is 0 Å². The minimum Gasteiger partial charge on any atom is -0.230 e.